The van der Waals surface area contributed by atoms with Crippen molar-refractivity contribution in [1.82, 2.24) is 15.1 Å². The number of carbonyl (C=O) groups excluding carboxylic acids is 1. The molecular weight excluding hydrogens is 443 g/mol. The number of amides is 1. The van der Waals surface area contributed by atoms with Gasteiger partial charge in [0.05, 0.1) is 10.0 Å². The SMILES string of the molecule is CC(C)[C@H](CN1CCN(Cc2ccc(Cl)c(Cl)c2)CC1)NC(=O)c1ccc(F)c(F)c1. The smallest absolute Gasteiger partial charge is 0.251 e. The van der Waals surface area contributed by atoms with E-state index in [1.807, 2.05) is 32.0 Å². The molecule has 4 nitrogen and oxygen atoms in total. The van der Waals surface area contributed by atoms with E-state index in [1.54, 1.807) is 0 Å². The van der Waals surface area contributed by atoms with Gasteiger partial charge in [0, 0.05) is 50.9 Å². The van der Waals surface area contributed by atoms with Gasteiger partial charge < -0.3 is 5.32 Å². The maximum atomic E-state index is 13.5. The first-order valence-electron chi connectivity index (χ1n) is 10.4. The van der Waals surface area contributed by atoms with Gasteiger partial charge >= 0.3 is 0 Å². The summed E-state index contributed by atoms with van der Waals surface area (Å²) in [6.07, 6.45) is 0. The van der Waals surface area contributed by atoms with Crippen molar-refractivity contribution >= 4 is 29.1 Å². The summed E-state index contributed by atoms with van der Waals surface area (Å²) in [5, 5.41) is 4.10. The highest BCUT2D eigenvalue weighted by Crippen LogP contribution is 2.23. The molecule has 0 spiro atoms. The molecule has 0 radical (unpaired) electrons. The molecule has 2 aromatic carbocycles. The lowest BCUT2D eigenvalue weighted by Gasteiger charge is -2.37. The topological polar surface area (TPSA) is 35.6 Å². The molecule has 1 fully saturated rings. The van der Waals surface area contributed by atoms with Crippen molar-refractivity contribution < 1.29 is 13.6 Å². The highest BCUT2D eigenvalue weighted by Gasteiger charge is 2.24. The first-order valence-corrected chi connectivity index (χ1v) is 11.1. The zero-order valence-corrected chi connectivity index (χ0v) is 19.2. The van der Waals surface area contributed by atoms with Gasteiger partial charge in [-0.05, 0) is 41.8 Å². The summed E-state index contributed by atoms with van der Waals surface area (Å²) in [6.45, 7) is 9.16. The third kappa shape index (κ3) is 6.62. The summed E-state index contributed by atoms with van der Waals surface area (Å²) in [5.74, 6) is -2.18. The van der Waals surface area contributed by atoms with Crippen LogP contribution in [0.25, 0.3) is 0 Å². The van der Waals surface area contributed by atoms with Crippen molar-refractivity contribution in [3.05, 3.63) is 69.2 Å². The second-order valence-electron chi connectivity index (χ2n) is 8.28. The molecule has 2 aromatic rings. The molecule has 3 rings (SSSR count). The second-order valence-corrected chi connectivity index (χ2v) is 9.09. The van der Waals surface area contributed by atoms with Crippen LogP contribution in [0.4, 0.5) is 8.78 Å². The summed E-state index contributed by atoms with van der Waals surface area (Å²) in [4.78, 5) is 17.2. The fourth-order valence-electron chi connectivity index (χ4n) is 3.62. The van der Waals surface area contributed by atoms with Gasteiger partial charge in [0.15, 0.2) is 11.6 Å². The molecule has 1 amide bonds. The minimum Gasteiger partial charge on any atom is -0.348 e. The van der Waals surface area contributed by atoms with Gasteiger partial charge in [-0.1, -0.05) is 43.1 Å². The molecule has 1 aliphatic rings. The zero-order chi connectivity index (χ0) is 22.5. The lowest BCUT2D eigenvalue weighted by molar-refractivity contribution is 0.0861. The van der Waals surface area contributed by atoms with Gasteiger partial charge in [-0.3, -0.25) is 14.6 Å². The van der Waals surface area contributed by atoms with E-state index in [1.165, 1.54) is 6.07 Å². The number of hydrogen-bond acceptors (Lipinski definition) is 3. The third-order valence-electron chi connectivity index (χ3n) is 5.61. The largest absolute Gasteiger partial charge is 0.348 e. The van der Waals surface area contributed by atoms with Crippen LogP contribution in [-0.2, 0) is 6.54 Å². The quantitative estimate of drug-likeness (QED) is 0.629. The van der Waals surface area contributed by atoms with Crippen molar-refractivity contribution in [2.75, 3.05) is 32.7 Å². The number of hydrogen-bond donors (Lipinski definition) is 1. The Kier molecular flexibility index (Phi) is 8.28. The fraction of sp³-hybridized carbons (Fsp3) is 0.435. The van der Waals surface area contributed by atoms with E-state index in [-0.39, 0.29) is 17.5 Å². The van der Waals surface area contributed by atoms with E-state index < -0.39 is 17.5 Å². The molecule has 31 heavy (non-hydrogen) atoms. The summed E-state index contributed by atoms with van der Waals surface area (Å²) in [7, 11) is 0. The minimum atomic E-state index is -1.02. The summed E-state index contributed by atoms with van der Waals surface area (Å²) >= 11 is 12.1. The molecule has 8 heteroatoms. The molecule has 1 aliphatic heterocycles. The number of rotatable bonds is 7. The summed E-state index contributed by atoms with van der Waals surface area (Å²) in [6, 6.07) is 8.82. The minimum absolute atomic E-state index is 0.0952. The Bertz CT molecular complexity index is 918. The maximum Gasteiger partial charge on any atom is 0.251 e. The highest BCUT2D eigenvalue weighted by atomic mass is 35.5. The average Bonchev–Trinajstić information content (AvgIpc) is 2.73. The van der Waals surface area contributed by atoms with Crippen LogP contribution in [0.15, 0.2) is 36.4 Å². The molecule has 1 saturated heterocycles. The number of nitrogens with zero attached hydrogens (tertiary/aromatic N) is 2. The molecule has 0 aliphatic carbocycles. The zero-order valence-electron chi connectivity index (χ0n) is 17.7. The number of benzene rings is 2. The Labute approximate surface area is 192 Å². The van der Waals surface area contributed by atoms with Crippen LogP contribution >= 0.6 is 23.2 Å². The van der Waals surface area contributed by atoms with E-state index in [9.17, 15) is 13.6 Å². The van der Waals surface area contributed by atoms with Gasteiger partial charge in [-0.15, -0.1) is 0 Å². The molecule has 0 saturated carbocycles. The van der Waals surface area contributed by atoms with Gasteiger partial charge in [0.1, 0.15) is 0 Å². The predicted molar refractivity (Wildman–Crippen MR) is 121 cm³/mol. The normalized spacial score (nSPS) is 16.5. The first kappa shape index (κ1) is 23.9. The van der Waals surface area contributed by atoms with Crippen molar-refractivity contribution in [3.8, 4) is 0 Å². The van der Waals surface area contributed by atoms with Crippen LogP contribution in [0.3, 0.4) is 0 Å². The van der Waals surface area contributed by atoms with Crippen molar-refractivity contribution in [1.29, 1.82) is 0 Å². The van der Waals surface area contributed by atoms with Crippen LogP contribution in [-0.4, -0.2) is 54.5 Å². The first-order chi connectivity index (χ1) is 14.7. The molecular formula is C23H27Cl2F2N3O. The van der Waals surface area contributed by atoms with Crippen LogP contribution in [0.5, 0.6) is 0 Å². The van der Waals surface area contributed by atoms with E-state index in [0.717, 1.165) is 50.4 Å². The Morgan fingerprint density at radius 2 is 1.65 bits per heavy atom. The van der Waals surface area contributed by atoms with Gasteiger partial charge in [-0.2, -0.15) is 0 Å². The monoisotopic (exact) mass is 469 g/mol. The van der Waals surface area contributed by atoms with Crippen LogP contribution in [0.2, 0.25) is 10.0 Å². The van der Waals surface area contributed by atoms with Crippen LogP contribution in [0, 0.1) is 17.6 Å². The third-order valence-corrected chi connectivity index (χ3v) is 6.35. The maximum absolute atomic E-state index is 13.5. The number of nitrogens with one attached hydrogen (secondary N) is 1. The second kappa shape index (κ2) is 10.7. The molecule has 1 atom stereocenters. The average molecular weight is 470 g/mol. The van der Waals surface area contributed by atoms with Crippen LogP contribution in [0.1, 0.15) is 29.8 Å². The van der Waals surface area contributed by atoms with E-state index in [0.29, 0.717) is 16.6 Å². The number of piperazine rings is 1. The summed E-state index contributed by atoms with van der Waals surface area (Å²) < 4.78 is 26.6. The Hall–Kier alpha value is -1.73. The Morgan fingerprint density at radius 1 is 0.968 bits per heavy atom. The van der Waals surface area contributed by atoms with E-state index in [2.05, 4.69) is 15.1 Å². The van der Waals surface area contributed by atoms with Gasteiger partial charge in [0.2, 0.25) is 0 Å². The predicted octanol–water partition coefficient (Wildman–Crippen LogP) is 4.84. The molecule has 0 bridgehead atoms. The standard InChI is InChI=1S/C23H27Cl2F2N3O/c1-15(2)22(28-23(31)17-4-6-20(26)21(27)12-17)14-30-9-7-29(8-10-30)13-16-3-5-18(24)19(25)11-16/h3-6,11-12,15,22H,7-10,13-14H2,1-2H3,(H,28,31)/t22-/m0/s1. The van der Waals surface area contributed by atoms with Crippen molar-refractivity contribution in [2.45, 2.75) is 26.4 Å². The molecule has 168 valence electrons. The summed E-state index contributed by atoms with van der Waals surface area (Å²) in [5.41, 5.74) is 1.25. The molecule has 0 aromatic heterocycles. The van der Waals surface area contributed by atoms with Gasteiger partial charge in [-0.25, -0.2) is 8.78 Å². The molecule has 1 heterocycles. The fourth-order valence-corrected chi connectivity index (χ4v) is 3.94. The molecule has 0 unspecified atom stereocenters. The number of halogens is 4. The van der Waals surface area contributed by atoms with Crippen molar-refractivity contribution in [3.63, 3.8) is 0 Å². The van der Waals surface area contributed by atoms with Crippen LogP contribution < -0.4 is 5.32 Å². The lowest BCUT2D eigenvalue weighted by atomic mass is 10.0. The Morgan fingerprint density at radius 3 is 2.26 bits per heavy atom. The molecule has 1 N–H and O–H groups in total. The lowest BCUT2D eigenvalue weighted by Crippen LogP contribution is -2.52. The van der Waals surface area contributed by atoms with E-state index >= 15 is 0 Å². The Balaban J connectivity index is 1.52. The van der Waals surface area contributed by atoms with Crippen molar-refractivity contribution in [2.24, 2.45) is 5.92 Å². The number of carbonyl (C=O) groups is 1. The van der Waals surface area contributed by atoms with E-state index in [4.69, 9.17) is 23.2 Å². The van der Waals surface area contributed by atoms with Gasteiger partial charge in [0.25, 0.3) is 5.91 Å². The highest BCUT2D eigenvalue weighted by molar-refractivity contribution is 6.42.